The maximum Gasteiger partial charge on any atom is 0.167 e. The fourth-order valence-electron chi connectivity index (χ4n) is 4.02. The van der Waals surface area contributed by atoms with Crippen molar-refractivity contribution in [1.29, 1.82) is 0 Å². The molecule has 3 heteroatoms. The Kier molecular flexibility index (Phi) is 13.9. The van der Waals surface area contributed by atoms with Crippen LogP contribution in [0.25, 0.3) is 0 Å². The van der Waals surface area contributed by atoms with E-state index in [9.17, 15) is 14.4 Å². The van der Waals surface area contributed by atoms with Gasteiger partial charge in [-0.05, 0) is 19.3 Å². The van der Waals surface area contributed by atoms with E-state index in [4.69, 9.17) is 0 Å². The summed E-state index contributed by atoms with van der Waals surface area (Å²) in [7, 11) is 0. The van der Waals surface area contributed by atoms with Crippen LogP contribution < -0.4 is 0 Å². The van der Waals surface area contributed by atoms with Gasteiger partial charge in [-0.2, -0.15) is 0 Å². The maximum atomic E-state index is 12.6. The fourth-order valence-corrected chi connectivity index (χ4v) is 4.02. The van der Waals surface area contributed by atoms with Crippen LogP contribution in [0.5, 0.6) is 0 Å². The summed E-state index contributed by atoms with van der Waals surface area (Å²) in [4.78, 5) is 37.3. The minimum absolute atomic E-state index is 0.0438. The highest BCUT2D eigenvalue weighted by Gasteiger charge is 2.31. The zero-order valence-corrected chi connectivity index (χ0v) is 18.5. The molecule has 0 fully saturated rings. The molecule has 0 heterocycles. The first kappa shape index (κ1) is 24.8. The van der Waals surface area contributed by atoms with Crippen LogP contribution in [-0.2, 0) is 14.4 Å². The van der Waals surface area contributed by atoms with Crippen molar-refractivity contribution in [2.75, 3.05) is 0 Å². The molecule has 0 radical (unpaired) electrons. The maximum absolute atomic E-state index is 12.6. The number of Topliss-reactive ketones (excluding diaryl/α,β-unsaturated/α-hetero) is 3. The molecule has 0 aromatic heterocycles. The highest BCUT2D eigenvalue weighted by molar-refractivity contribution is 6.26. The van der Waals surface area contributed by atoms with Crippen LogP contribution in [0.1, 0.15) is 129 Å². The van der Waals surface area contributed by atoms with Gasteiger partial charge >= 0.3 is 0 Å². The third-order valence-electron chi connectivity index (χ3n) is 5.81. The highest BCUT2D eigenvalue weighted by Crippen LogP contribution is 2.27. The van der Waals surface area contributed by atoms with Crippen LogP contribution >= 0.6 is 0 Å². The van der Waals surface area contributed by atoms with E-state index in [1.54, 1.807) is 0 Å². The summed E-state index contributed by atoms with van der Waals surface area (Å²) in [5, 5.41) is 0. The topological polar surface area (TPSA) is 51.2 Å². The number of carbonyl (C=O) groups is 3. The Morgan fingerprint density at radius 1 is 0.607 bits per heavy atom. The first-order valence-electron chi connectivity index (χ1n) is 11.9. The molecule has 1 aliphatic rings. The molecule has 3 nitrogen and oxygen atoms in total. The predicted molar refractivity (Wildman–Crippen MR) is 117 cm³/mol. The Morgan fingerprint density at radius 2 is 1.04 bits per heavy atom. The fraction of sp³-hybridized carbons (Fsp3) is 0.800. The lowest BCUT2D eigenvalue weighted by molar-refractivity contribution is -0.122. The first-order valence-corrected chi connectivity index (χ1v) is 11.9. The molecule has 0 atom stereocenters. The first-order chi connectivity index (χ1) is 13.6. The number of hydrogen-bond donors (Lipinski definition) is 0. The lowest BCUT2D eigenvalue weighted by Crippen LogP contribution is -2.13. The van der Waals surface area contributed by atoms with Crippen molar-refractivity contribution in [3.63, 3.8) is 0 Å². The molecule has 0 aromatic rings. The van der Waals surface area contributed by atoms with E-state index < -0.39 is 0 Å². The van der Waals surface area contributed by atoms with Crippen molar-refractivity contribution >= 4 is 17.3 Å². The summed E-state index contributed by atoms with van der Waals surface area (Å²) in [6.07, 6.45) is 18.0. The molecule has 0 aliphatic heterocycles. The lowest BCUT2D eigenvalue weighted by atomic mass is 9.96. The molecule has 1 rings (SSSR count). The number of unbranched alkanes of at least 4 members (excludes halogenated alkanes) is 12. The van der Waals surface area contributed by atoms with Crippen LogP contribution in [0, 0.1) is 0 Å². The monoisotopic (exact) mass is 390 g/mol. The third-order valence-corrected chi connectivity index (χ3v) is 5.81. The van der Waals surface area contributed by atoms with E-state index >= 15 is 0 Å². The van der Waals surface area contributed by atoms with Gasteiger partial charge in [-0.15, -0.1) is 0 Å². The summed E-state index contributed by atoms with van der Waals surface area (Å²) in [6.45, 7) is 4.42. The number of carbonyl (C=O) groups excluding carboxylic acids is 3. The van der Waals surface area contributed by atoms with Gasteiger partial charge in [-0.3, -0.25) is 14.4 Å². The quantitative estimate of drug-likeness (QED) is 0.186. The van der Waals surface area contributed by atoms with Gasteiger partial charge in [0.05, 0.1) is 5.57 Å². The van der Waals surface area contributed by atoms with E-state index in [0.717, 1.165) is 32.1 Å². The van der Waals surface area contributed by atoms with Crippen LogP contribution in [-0.4, -0.2) is 17.3 Å². The smallest absolute Gasteiger partial charge is 0.167 e. The minimum Gasteiger partial charge on any atom is -0.295 e. The Labute approximate surface area is 172 Å². The average Bonchev–Trinajstić information content (AvgIpc) is 3.08. The largest absolute Gasteiger partial charge is 0.295 e. The van der Waals surface area contributed by atoms with Gasteiger partial charge in [-0.1, -0.05) is 90.9 Å². The summed E-state index contributed by atoms with van der Waals surface area (Å²) in [6, 6.07) is 0. The van der Waals surface area contributed by atoms with Gasteiger partial charge in [0.15, 0.2) is 17.3 Å². The SMILES string of the molecule is CCCCCCCCCC(=O)C1=C(C(=O)CCCCCCCCC)C(=O)CC1. The molecule has 1 aliphatic carbocycles. The Hall–Kier alpha value is -1.25. The van der Waals surface area contributed by atoms with Gasteiger partial charge in [-0.25, -0.2) is 0 Å². The van der Waals surface area contributed by atoms with Crippen molar-refractivity contribution in [3.05, 3.63) is 11.1 Å². The molecule has 28 heavy (non-hydrogen) atoms. The Balaban J connectivity index is 2.35. The van der Waals surface area contributed by atoms with E-state index in [1.807, 2.05) is 0 Å². The number of ketones is 3. The van der Waals surface area contributed by atoms with Gasteiger partial charge in [0.1, 0.15) is 0 Å². The van der Waals surface area contributed by atoms with Gasteiger partial charge in [0.25, 0.3) is 0 Å². The highest BCUT2D eigenvalue weighted by atomic mass is 16.2. The molecule has 0 aromatic carbocycles. The van der Waals surface area contributed by atoms with Crippen molar-refractivity contribution in [2.45, 2.75) is 129 Å². The predicted octanol–water partition coefficient (Wildman–Crippen LogP) is 7.07. The van der Waals surface area contributed by atoms with Crippen molar-refractivity contribution in [3.8, 4) is 0 Å². The zero-order valence-electron chi connectivity index (χ0n) is 18.5. The van der Waals surface area contributed by atoms with E-state index in [2.05, 4.69) is 13.8 Å². The van der Waals surface area contributed by atoms with Crippen molar-refractivity contribution in [2.24, 2.45) is 0 Å². The second kappa shape index (κ2) is 15.6. The van der Waals surface area contributed by atoms with Gasteiger partial charge in [0.2, 0.25) is 0 Å². The molecule has 0 spiro atoms. The van der Waals surface area contributed by atoms with Gasteiger partial charge in [0, 0.05) is 24.8 Å². The molecule has 0 unspecified atom stereocenters. The molecule has 0 bridgehead atoms. The summed E-state index contributed by atoms with van der Waals surface area (Å²) in [5.74, 6) is -0.142. The molecule has 0 N–H and O–H groups in total. The van der Waals surface area contributed by atoms with Gasteiger partial charge < -0.3 is 0 Å². The second-order valence-electron chi connectivity index (χ2n) is 8.37. The Morgan fingerprint density at radius 3 is 1.54 bits per heavy atom. The lowest BCUT2D eigenvalue weighted by Gasteiger charge is -2.06. The van der Waals surface area contributed by atoms with Crippen LogP contribution in [0.2, 0.25) is 0 Å². The van der Waals surface area contributed by atoms with E-state index in [0.29, 0.717) is 31.3 Å². The van der Waals surface area contributed by atoms with Crippen LogP contribution in [0.15, 0.2) is 11.1 Å². The van der Waals surface area contributed by atoms with Crippen LogP contribution in [0.4, 0.5) is 0 Å². The van der Waals surface area contributed by atoms with Crippen LogP contribution in [0.3, 0.4) is 0 Å². The number of rotatable bonds is 18. The molecule has 0 saturated carbocycles. The number of hydrogen-bond acceptors (Lipinski definition) is 3. The standard InChI is InChI=1S/C25H42O3/c1-3-5-7-9-11-13-15-17-22(26)21-19-20-24(28)25(21)23(27)18-16-14-12-10-8-6-4-2/h3-20H2,1-2H3. The normalized spacial score (nSPS) is 14.1. The zero-order chi connectivity index (χ0) is 20.6. The molecule has 0 amide bonds. The van der Waals surface area contributed by atoms with Crippen molar-refractivity contribution < 1.29 is 14.4 Å². The second-order valence-corrected chi connectivity index (χ2v) is 8.37. The average molecular weight is 391 g/mol. The summed E-state index contributed by atoms with van der Waals surface area (Å²) >= 11 is 0. The molecule has 0 saturated heterocycles. The van der Waals surface area contributed by atoms with Crippen molar-refractivity contribution in [1.82, 2.24) is 0 Å². The van der Waals surface area contributed by atoms with E-state index in [1.165, 1.54) is 57.8 Å². The molecular weight excluding hydrogens is 348 g/mol. The Bertz CT molecular complexity index is 516. The molecular formula is C25H42O3. The minimum atomic E-state index is -0.101. The van der Waals surface area contributed by atoms with E-state index in [-0.39, 0.29) is 22.9 Å². The number of allylic oxidation sites excluding steroid dienone is 2. The molecule has 160 valence electrons. The summed E-state index contributed by atoms with van der Waals surface area (Å²) < 4.78 is 0. The summed E-state index contributed by atoms with van der Waals surface area (Å²) in [5.41, 5.74) is 0.808. The third kappa shape index (κ3) is 9.80.